The van der Waals surface area contributed by atoms with Gasteiger partial charge in [-0.25, -0.2) is 4.98 Å². The van der Waals surface area contributed by atoms with Crippen molar-refractivity contribution in [2.24, 2.45) is 0 Å². The van der Waals surface area contributed by atoms with Gasteiger partial charge in [-0.05, 0) is 43.3 Å². The molecule has 4 rings (SSSR count). The topological polar surface area (TPSA) is 81.4 Å². The van der Waals surface area contributed by atoms with E-state index in [0.717, 1.165) is 17.0 Å². The highest BCUT2D eigenvalue weighted by molar-refractivity contribution is 7.14. The molecule has 4 aromatic rings. The summed E-state index contributed by atoms with van der Waals surface area (Å²) in [6, 6.07) is 14.4. The molecule has 2 aromatic carbocycles. The normalized spacial score (nSPS) is 10.8. The molecule has 0 radical (unpaired) electrons. The largest absolute Gasteiger partial charge is 0.494 e. The first kappa shape index (κ1) is 17.9. The summed E-state index contributed by atoms with van der Waals surface area (Å²) < 4.78 is 10.8. The van der Waals surface area contributed by atoms with Gasteiger partial charge < -0.3 is 9.15 Å². The van der Waals surface area contributed by atoms with Gasteiger partial charge in [0.2, 0.25) is 5.43 Å². The number of hydrogen-bond acceptors (Lipinski definition) is 6. The summed E-state index contributed by atoms with van der Waals surface area (Å²) in [6.45, 7) is 2.54. The summed E-state index contributed by atoms with van der Waals surface area (Å²) in [6.07, 6.45) is 1.18. The van der Waals surface area contributed by atoms with E-state index in [4.69, 9.17) is 9.15 Å². The maximum atomic E-state index is 12.5. The molecule has 0 aliphatic carbocycles. The minimum Gasteiger partial charge on any atom is -0.494 e. The number of hydrogen-bond donors (Lipinski definition) is 1. The van der Waals surface area contributed by atoms with E-state index in [1.165, 1.54) is 17.6 Å². The second-order valence-corrected chi connectivity index (χ2v) is 6.78. The molecule has 1 amide bonds. The van der Waals surface area contributed by atoms with Crippen molar-refractivity contribution in [3.8, 4) is 17.0 Å². The molecule has 0 bridgehead atoms. The summed E-state index contributed by atoms with van der Waals surface area (Å²) >= 11 is 1.28. The fourth-order valence-corrected chi connectivity index (χ4v) is 3.47. The molecule has 0 unspecified atom stereocenters. The summed E-state index contributed by atoms with van der Waals surface area (Å²) in [7, 11) is 0. The van der Waals surface area contributed by atoms with E-state index in [2.05, 4.69) is 10.3 Å². The predicted molar refractivity (Wildman–Crippen MR) is 109 cm³/mol. The lowest BCUT2D eigenvalue weighted by Crippen LogP contribution is -2.21. The maximum absolute atomic E-state index is 12.5. The summed E-state index contributed by atoms with van der Waals surface area (Å²) in [5.74, 6) is 0.241. The van der Waals surface area contributed by atoms with Crippen LogP contribution in [0.15, 0.2) is 69.4 Å². The molecule has 2 heterocycles. The highest BCUT2D eigenvalue weighted by atomic mass is 32.1. The van der Waals surface area contributed by atoms with Crippen LogP contribution < -0.4 is 15.5 Å². The van der Waals surface area contributed by atoms with Crippen LogP contribution in [0.4, 0.5) is 5.13 Å². The minimum absolute atomic E-state index is 0.0588. The van der Waals surface area contributed by atoms with Gasteiger partial charge in [-0.1, -0.05) is 12.1 Å². The monoisotopic (exact) mass is 392 g/mol. The Balaban J connectivity index is 1.55. The van der Waals surface area contributed by atoms with Crippen LogP contribution in [0.1, 0.15) is 17.3 Å². The lowest BCUT2D eigenvalue weighted by atomic mass is 10.1. The first-order valence-corrected chi connectivity index (χ1v) is 9.54. The number of thiazole rings is 1. The standard InChI is InChI=1S/C21H16N2O4S/c1-2-26-14-9-7-13(8-10-14)17-12-28-21(22-17)23-20(25)16-11-27-18-6-4-3-5-15(18)19(16)24/h3-12H,2H2,1H3,(H,22,23,25). The molecule has 1 N–H and O–H groups in total. The highest BCUT2D eigenvalue weighted by Gasteiger charge is 2.16. The zero-order valence-corrected chi connectivity index (χ0v) is 15.8. The number of nitrogens with one attached hydrogen (secondary N) is 1. The Hall–Kier alpha value is -3.45. The van der Waals surface area contributed by atoms with Gasteiger partial charge in [-0.15, -0.1) is 11.3 Å². The third-order valence-electron chi connectivity index (χ3n) is 4.11. The van der Waals surface area contributed by atoms with Crippen LogP contribution in [0.3, 0.4) is 0 Å². The number of ether oxygens (including phenoxy) is 1. The van der Waals surface area contributed by atoms with Crippen molar-refractivity contribution in [2.75, 3.05) is 11.9 Å². The number of aromatic nitrogens is 1. The van der Waals surface area contributed by atoms with Crippen molar-refractivity contribution in [3.05, 3.63) is 76.0 Å². The number of benzene rings is 2. The molecule has 0 atom stereocenters. The minimum atomic E-state index is -0.549. The summed E-state index contributed by atoms with van der Waals surface area (Å²) in [4.78, 5) is 29.5. The fraction of sp³-hybridized carbons (Fsp3) is 0.0952. The van der Waals surface area contributed by atoms with Crippen LogP contribution in [0, 0.1) is 0 Å². The second-order valence-electron chi connectivity index (χ2n) is 5.92. The average molecular weight is 392 g/mol. The molecule has 0 aliphatic heterocycles. The molecular weight excluding hydrogens is 376 g/mol. The highest BCUT2D eigenvalue weighted by Crippen LogP contribution is 2.26. The van der Waals surface area contributed by atoms with Gasteiger partial charge in [0.25, 0.3) is 5.91 Å². The average Bonchev–Trinajstić information content (AvgIpc) is 3.17. The van der Waals surface area contributed by atoms with E-state index in [9.17, 15) is 9.59 Å². The Kier molecular flexibility index (Phi) is 4.90. The second kappa shape index (κ2) is 7.66. The number of rotatable bonds is 5. The molecule has 0 saturated heterocycles. The molecule has 0 spiro atoms. The maximum Gasteiger partial charge on any atom is 0.264 e. The van der Waals surface area contributed by atoms with E-state index in [-0.39, 0.29) is 11.0 Å². The van der Waals surface area contributed by atoms with E-state index in [0.29, 0.717) is 22.7 Å². The van der Waals surface area contributed by atoms with Crippen LogP contribution in [-0.4, -0.2) is 17.5 Å². The summed E-state index contributed by atoms with van der Waals surface area (Å²) in [5.41, 5.74) is 1.65. The third kappa shape index (κ3) is 3.52. The number of carbonyl (C=O) groups is 1. The van der Waals surface area contributed by atoms with Crippen molar-refractivity contribution in [1.29, 1.82) is 0 Å². The molecule has 7 heteroatoms. The van der Waals surface area contributed by atoms with Crippen molar-refractivity contribution in [1.82, 2.24) is 4.98 Å². The van der Waals surface area contributed by atoms with Crippen molar-refractivity contribution in [3.63, 3.8) is 0 Å². The molecule has 0 fully saturated rings. The van der Waals surface area contributed by atoms with Crippen molar-refractivity contribution in [2.45, 2.75) is 6.92 Å². The SMILES string of the molecule is CCOc1ccc(-c2csc(NC(=O)c3coc4ccccc4c3=O)n2)cc1. The third-order valence-corrected chi connectivity index (χ3v) is 4.87. The lowest BCUT2D eigenvalue weighted by molar-refractivity contribution is 0.102. The number of carbonyl (C=O) groups excluding carboxylic acids is 1. The lowest BCUT2D eigenvalue weighted by Gasteiger charge is -2.03. The zero-order valence-electron chi connectivity index (χ0n) is 15.0. The van der Waals surface area contributed by atoms with E-state index in [1.807, 2.05) is 36.6 Å². The Morgan fingerprint density at radius 3 is 2.75 bits per heavy atom. The number of amides is 1. The van der Waals surface area contributed by atoms with Gasteiger partial charge in [0.15, 0.2) is 5.13 Å². The Bertz CT molecular complexity index is 1190. The van der Waals surface area contributed by atoms with Crippen molar-refractivity contribution >= 4 is 33.3 Å². The Morgan fingerprint density at radius 2 is 1.96 bits per heavy atom. The van der Waals surface area contributed by atoms with Crippen LogP contribution in [0.2, 0.25) is 0 Å². The van der Waals surface area contributed by atoms with Gasteiger partial charge in [-0.2, -0.15) is 0 Å². The molecule has 0 aliphatic rings. The Labute approximate surface area is 164 Å². The Morgan fingerprint density at radius 1 is 1.18 bits per heavy atom. The van der Waals surface area contributed by atoms with Gasteiger partial charge in [0, 0.05) is 10.9 Å². The number of anilines is 1. The number of para-hydroxylation sites is 1. The number of nitrogens with zero attached hydrogens (tertiary/aromatic N) is 1. The van der Waals surface area contributed by atoms with Crippen LogP contribution in [0.5, 0.6) is 5.75 Å². The molecular formula is C21H16N2O4S. The fourth-order valence-electron chi connectivity index (χ4n) is 2.75. The van der Waals surface area contributed by atoms with Crippen molar-refractivity contribution < 1.29 is 13.9 Å². The quantitative estimate of drug-likeness (QED) is 0.538. The smallest absolute Gasteiger partial charge is 0.264 e. The molecule has 28 heavy (non-hydrogen) atoms. The van der Waals surface area contributed by atoms with Crippen LogP contribution >= 0.6 is 11.3 Å². The first-order valence-electron chi connectivity index (χ1n) is 8.66. The van der Waals surface area contributed by atoms with E-state index in [1.54, 1.807) is 24.3 Å². The van der Waals surface area contributed by atoms with Gasteiger partial charge >= 0.3 is 0 Å². The molecule has 6 nitrogen and oxygen atoms in total. The number of fused-ring (bicyclic) bond motifs is 1. The predicted octanol–water partition coefficient (Wildman–Crippen LogP) is 4.57. The van der Waals surface area contributed by atoms with Gasteiger partial charge in [0.1, 0.15) is 23.2 Å². The van der Waals surface area contributed by atoms with Gasteiger partial charge in [-0.3, -0.25) is 14.9 Å². The van der Waals surface area contributed by atoms with E-state index < -0.39 is 5.91 Å². The molecule has 0 saturated carbocycles. The molecule has 140 valence electrons. The zero-order chi connectivity index (χ0) is 19.5. The van der Waals surface area contributed by atoms with Crippen LogP contribution in [0.25, 0.3) is 22.2 Å². The summed E-state index contributed by atoms with van der Waals surface area (Å²) in [5, 5.41) is 5.28. The van der Waals surface area contributed by atoms with Gasteiger partial charge in [0.05, 0.1) is 17.7 Å². The molecule has 2 aromatic heterocycles. The first-order chi connectivity index (χ1) is 13.7. The van der Waals surface area contributed by atoms with E-state index >= 15 is 0 Å². The van der Waals surface area contributed by atoms with Crippen LogP contribution in [-0.2, 0) is 0 Å².